The fourth-order valence-electron chi connectivity index (χ4n) is 4.12. The Hall–Kier alpha value is -1.92. The van der Waals surface area contributed by atoms with Gasteiger partial charge in [-0.15, -0.1) is 0 Å². The van der Waals surface area contributed by atoms with Crippen molar-refractivity contribution in [3.63, 3.8) is 0 Å². The first-order chi connectivity index (χ1) is 12.6. The van der Waals surface area contributed by atoms with Gasteiger partial charge in [-0.1, -0.05) is 6.08 Å². The monoisotopic (exact) mass is 373 g/mol. The standard InChI is InChI=1S/C20H23NO4S/c1-12-17(20(23)25-10-14-4-3-8-24-14)18(13-7-9-26-11-13)19-15(21-12)5-2-6-16(19)22/h5,7,9,11,14,18-19,21H,2-4,6,8,10H2,1H3. The topological polar surface area (TPSA) is 64.6 Å². The van der Waals surface area contributed by atoms with Gasteiger partial charge in [-0.25, -0.2) is 4.79 Å². The molecule has 0 amide bonds. The summed E-state index contributed by atoms with van der Waals surface area (Å²) in [5.41, 5.74) is 3.27. The first-order valence-electron chi connectivity index (χ1n) is 9.16. The minimum Gasteiger partial charge on any atom is -0.460 e. The van der Waals surface area contributed by atoms with Crippen molar-refractivity contribution in [3.8, 4) is 0 Å². The van der Waals surface area contributed by atoms with E-state index in [4.69, 9.17) is 9.47 Å². The zero-order valence-electron chi connectivity index (χ0n) is 14.8. The van der Waals surface area contributed by atoms with Crippen molar-refractivity contribution in [1.29, 1.82) is 0 Å². The maximum atomic E-state index is 12.9. The van der Waals surface area contributed by atoms with E-state index in [9.17, 15) is 9.59 Å². The summed E-state index contributed by atoms with van der Waals surface area (Å²) >= 11 is 1.58. The number of Topliss-reactive ketones (excluding diaryl/α,β-unsaturated/α-hetero) is 1. The Morgan fingerprint density at radius 2 is 2.31 bits per heavy atom. The van der Waals surface area contributed by atoms with Gasteiger partial charge in [-0.05, 0) is 48.6 Å². The maximum Gasteiger partial charge on any atom is 0.336 e. The fraction of sp³-hybridized carbons (Fsp3) is 0.500. The Labute approximate surface area is 157 Å². The van der Waals surface area contributed by atoms with E-state index >= 15 is 0 Å². The average molecular weight is 373 g/mol. The average Bonchev–Trinajstić information content (AvgIpc) is 3.32. The van der Waals surface area contributed by atoms with Crippen LogP contribution >= 0.6 is 11.3 Å². The predicted octanol–water partition coefficient (Wildman–Crippen LogP) is 3.29. The summed E-state index contributed by atoms with van der Waals surface area (Å²) < 4.78 is 11.1. The van der Waals surface area contributed by atoms with Crippen LogP contribution < -0.4 is 5.32 Å². The molecule has 3 aliphatic rings. The highest BCUT2D eigenvalue weighted by molar-refractivity contribution is 7.08. The molecule has 1 saturated heterocycles. The number of ketones is 1. The number of hydrogen-bond acceptors (Lipinski definition) is 6. The van der Waals surface area contributed by atoms with Crippen molar-refractivity contribution in [2.24, 2.45) is 5.92 Å². The van der Waals surface area contributed by atoms with Gasteiger partial charge in [-0.2, -0.15) is 11.3 Å². The summed E-state index contributed by atoms with van der Waals surface area (Å²) in [4.78, 5) is 25.7. The van der Waals surface area contributed by atoms with E-state index < -0.39 is 0 Å². The quantitative estimate of drug-likeness (QED) is 0.821. The molecule has 0 spiro atoms. The highest BCUT2D eigenvalue weighted by atomic mass is 32.1. The smallest absolute Gasteiger partial charge is 0.336 e. The minimum atomic E-state index is -0.348. The van der Waals surface area contributed by atoms with E-state index in [0.29, 0.717) is 12.0 Å². The van der Waals surface area contributed by atoms with Gasteiger partial charge in [0.2, 0.25) is 0 Å². The summed E-state index contributed by atoms with van der Waals surface area (Å²) in [5, 5.41) is 7.30. The Bertz CT molecular complexity index is 759. The number of allylic oxidation sites excluding steroid dienone is 3. The summed E-state index contributed by atoms with van der Waals surface area (Å²) in [6.45, 7) is 2.89. The van der Waals surface area contributed by atoms with Gasteiger partial charge < -0.3 is 14.8 Å². The van der Waals surface area contributed by atoms with E-state index in [0.717, 1.165) is 42.8 Å². The Morgan fingerprint density at radius 1 is 1.42 bits per heavy atom. The van der Waals surface area contributed by atoms with E-state index in [1.807, 2.05) is 23.8 Å². The van der Waals surface area contributed by atoms with E-state index in [1.54, 1.807) is 11.3 Å². The molecular formula is C20H23NO4S. The summed E-state index contributed by atoms with van der Waals surface area (Å²) in [6.07, 6.45) is 5.28. The van der Waals surface area contributed by atoms with Crippen LogP contribution in [0.2, 0.25) is 0 Å². The Morgan fingerprint density at radius 3 is 3.04 bits per heavy atom. The second-order valence-electron chi connectivity index (χ2n) is 7.07. The maximum absolute atomic E-state index is 12.9. The van der Waals surface area contributed by atoms with Crippen molar-refractivity contribution >= 4 is 23.1 Å². The van der Waals surface area contributed by atoms with Crippen molar-refractivity contribution in [1.82, 2.24) is 5.32 Å². The fourth-order valence-corrected chi connectivity index (χ4v) is 4.81. The van der Waals surface area contributed by atoms with Gasteiger partial charge in [-0.3, -0.25) is 4.79 Å². The van der Waals surface area contributed by atoms with Crippen LogP contribution in [0.4, 0.5) is 0 Å². The van der Waals surface area contributed by atoms with Crippen LogP contribution in [0.25, 0.3) is 0 Å². The van der Waals surface area contributed by atoms with E-state index in [1.165, 1.54) is 0 Å². The van der Waals surface area contributed by atoms with Gasteiger partial charge in [0.25, 0.3) is 0 Å². The second kappa shape index (κ2) is 7.37. The lowest BCUT2D eigenvalue weighted by Gasteiger charge is -2.37. The number of fused-ring (bicyclic) bond motifs is 1. The molecule has 3 heterocycles. The van der Waals surface area contributed by atoms with Gasteiger partial charge in [0.1, 0.15) is 12.4 Å². The van der Waals surface area contributed by atoms with Crippen LogP contribution in [0, 0.1) is 5.92 Å². The molecule has 4 rings (SSSR count). The molecule has 1 N–H and O–H groups in total. The molecule has 0 radical (unpaired) electrons. The number of carbonyl (C=O) groups is 2. The zero-order chi connectivity index (χ0) is 18.1. The SMILES string of the molecule is CC1=C(C(=O)OCC2CCCO2)C(c2ccsc2)C2C(=O)CCC=C2N1. The number of esters is 1. The number of hydrogen-bond donors (Lipinski definition) is 1. The van der Waals surface area contributed by atoms with Crippen LogP contribution in [0.3, 0.4) is 0 Å². The molecule has 26 heavy (non-hydrogen) atoms. The number of thiophene rings is 1. The van der Waals surface area contributed by atoms with Gasteiger partial charge in [0.15, 0.2) is 0 Å². The molecule has 1 aromatic heterocycles. The van der Waals surface area contributed by atoms with E-state index in [-0.39, 0.29) is 36.3 Å². The predicted molar refractivity (Wildman–Crippen MR) is 98.6 cm³/mol. The third-order valence-corrected chi connectivity index (χ3v) is 6.07. The third-order valence-electron chi connectivity index (χ3n) is 5.36. The molecule has 0 aromatic carbocycles. The molecule has 1 fully saturated rings. The first-order valence-corrected chi connectivity index (χ1v) is 10.1. The van der Waals surface area contributed by atoms with Crippen molar-refractivity contribution in [2.75, 3.05) is 13.2 Å². The normalized spacial score (nSPS) is 28.4. The molecule has 1 aromatic rings. The summed E-state index contributed by atoms with van der Waals surface area (Å²) in [5.74, 6) is -0.770. The first kappa shape index (κ1) is 17.5. The highest BCUT2D eigenvalue weighted by Crippen LogP contribution is 2.44. The molecule has 5 nitrogen and oxygen atoms in total. The van der Waals surface area contributed by atoms with Gasteiger partial charge >= 0.3 is 5.97 Å². The van der Waals surface area contributed by atoms with Crippen LogP contribution in [0.1, 0.15) is 44.1 Å². The van der Waals surface area contributed by atoms with Crippen LogP contribution in [0.15, 0.2) is 39.9 Å². The zero-order valence-corrected chi connectivity index (χ0v) is 15.6. The molecule has 3 unspecified atom stereocenters. The minimum absolute atomic E-state index is 0.0113. The molecule has 138 valence electrons. The van der Waals surface area contributed by atoms with E-state index in [2.05, 4.69) is 11.4 Å². The number of carbonyl (C=O) groups excluding carboxylic acids is 2. The molecular weight excluding hydrogens is 350 g/mol. The third kappa shape index (κ3) is 3.23. The molecule has 3 atom stereocenters. The molecule has 1 aliphatic carbocycles. The van der Waals surface area contributed by atoms with Crippen molar-refractivity contribution in [2.45, 2.75) is 44.6 Å². The molecule has 6 heteroatoms. The number of ether oxygens (including phenoxy) is 2. The lowest BCUT2D eigenvalue weighted by molar-refractivity contribution is -0.143. The number of nitrogens with one attached hydrogen (secondary N) is 1. The molecule has 0 bridgehead atoms. The number of rotatable bonds is 4. The lowest BCUT2D eigenvalue weighted by atomic mass is 9.71. The Kier molecular flexibility index (Phi) is 4.96. The second-order valence-corrected chi connectivity index (χ2v) is 7.85. The Balaban J connectivity index is 1.65. The van der Waals surface area contributed by atoms with Crippen LogP contribution in [0.5, 0.6) is 0 Å². The highest BCUT2D eigenvalue weighted by Gasteiger charge is 2.43. The van der Waals surface area contributed by atoms with Crippen molar-refractivity contribution < 1.29 is 19.1 Å². The van der Waals surface area contributed by atoms with Gasteiger partial charge in [0, 0.05) is 30.3 Å². The lowest BCUT2D eigenvalue weighted by Crippen LogP contribution is -2.41. The van der Waals surface area contributed by atoms with Crippen LogP contribution in [-0.2, 0) is 19.1 Å². The largest absolute Gasteiger partial charge is 0.460 e. The molecule has 2 aliphatic heterocycles. The van der Waals surface area contributed by atoms with Gasteiger partial charge in [0.05, 0.1) is 17.6 Å². The van der Waals surface area contributed by atoms with Crippen LogP contribution in [-0.4, -0.2) is 31.1 Å². The van der Waals surface area contributed by atoms with Crippen molar-refractivity contribution in [3.05, 3.63) is 45.4 Å². The summed E-state index contributed by atoms with van der Waals surface area (Å²) in [6, 6.07) is 2.00. The summed E-state index contributed by atoms with van der Waals surface area (Å²) in [7, 11) is 0. The molecule has 0 saturated carbocycles.